The van der Waals surface area contributed by atoms with Crippen LogP contribution < -0.4 is 0 Å². The van der Waals surface area contributed by atoms with Crippen molar-refractivity contribution < 1.29 is 4.79 Å². The standard InChI is InChI=1S/C10H7NOS/c12-7-9-6-11-5-8-3-1-2-4-10(8)13-9/h1-7H. The molecule has 1 heterocycles. The lowest BCUT2D eigenvalue weighted by molar-refractivity contribution is -0.104. The number of allylic oxidation sites excluding steroid dienone is 1. The molecule has 1 aliphatic rings. The molecule has 13 heavy (non-hydrogen) atoms. The van der Waals surface area contributed by atoms with E-state index in [4.69, 9.17) is 0 Å². The van der Waals surface area contributed by atoms with Crippen LogP contribution in [0.25, 0.3) is 0 Å². The monoisotopic (exact) mass is 189 g/mol. The first-order valence-corrected chi connectivity index (χ1v) is 4.67. The Morgan fingerprint density at radius 2 is 2.15 bits per heavy atom. The SMILES string of the molecule is O=CC1=CN=Cc2ccccc2S1. The minimum absolute atomic E-state index is 0.640. The van der Waals surface area contributed by atoms with E-state index in [0.717, 1.165) is 16.7 Å². The first kappa shape index (κ1) is 8.26. The molecule has 0 amide bonds. The van der Waals surface area contributed by atoms with Crippen LogP contribution in [-0.2, 0) is 4.79 Å². The summed E-state index contributed by atoms with van der Waals surface area (Å²) in [5.74, 6) is 0. The maximum atomic E-state index is 10.6. The fraction of sp³-hybridized carbons (Fsp3) is 0. The Labute approximate surface area is 80.4 Å². The van der Waals surface area contributed by atoms with E-state index in [1.54, 1.807) is 12.4 Å². The molecule has 0 saturated carbocycles. The van der Waals surface area contributed by atoms with Gasteiger partial charge in [-0.25, -0.2) is 0 Å². The van der Waals surface area contributed by atoms with E-state index in [9.17, 15) is 4.79 Å². The number of nitrogens with zero attached hydrogens (tertiary/aromatic N) is 1. The molecule has 0 saturated heterocycles. The summed E-state index contributed by atoms with van der Waals surface area (Å²) in [7, 11) is 0. The molecule has 2 nitrogen and oxygen atoms in total. The van der Waals surface area contributed by atoms with Crippen LogP contribution in [0.3, 0.4) is 0 Å². The van der Waals surface area contributed by atoms with Crippen LogP contribution in [0.1, 0.15) is 5.56 Å². The summed E-state index contributed by atoms with van der Waals surface area (Å²) in [4.78, 5) is 16.3. The molecule has 0 aliphatic carbocycles. The Balaban J connectivity index is 2.45. The number of benzene rings is 1. The second kappa shape index (κ2) is 3.58. The fourth-order valence-corrected chi connectivity index (χ4v) is 1.88. The highest BCUT2D eigenvalue weighted by Crippen LogP contribution is 2.29. The van der Waals surface area contributed by atoms with Crippen molar-refractivity contribution in [2.75, 3.05) is 0 Å². The third kappa shape index (κ3) is 1.70. The molecule has 2 rings (SSSR count). The normalized spacial score (nSPS) is 14.3. The first-order valence-electron chi connectivity index (χ1n) is 3.85. The second-order valence-corrected chi connectivity index (χ2v) is 3.68. The zero-order valence-electron chi connectivity index (χ0n) is 6.81. The molecule has 0 atom stereocenters. The van der Waals surface area contributed by atoms with Crippen molar-refractivity contribution in [3.63, 3.8) is 0 Å². The Kier molecular flexibility index (Phi) is 2.27. The molecule has 0 radical (unpaired) electrons. The maximum absolute atomic E-state index is 10.6. The summed E-state index contributed by atoms with van der Waals surface area (Å²) in [6.07, 6.45) is 4.17. The highest BCUT2D eigenvalue weighted by atomic mass is 32.2. The number of hydrogen-bond donors (Lipinski definition) is 0. The van der Waals surface area contributed by atoms with Crippen molar-refractivity contribution >= 4 is 24.3 Å². The van der Waals surface area contributed by atoms with Crippen molar-refractivity contribution in [1.82, 2.24) is 0 Å². The van der Waals surface area contributed by atoms with Gasteiger partial charge < -0.3 is 0 Å². The van der Waals surface area contributed by atoms with Crippen LogP contribution in [0.15, 0.2) is 45.3 Å². The van der Waals surface area contributed by atoms with Crippen molar-refractivity contribution in [2.24, 2.45) is 4.99 Å². The van der Waals surface area contributed by atoms with E-state index in [1.807, 2.05) is 24.3 Å². The zero-order chi connectivity index (χ0) is 9.10. The molecule has 0 N–H and O–H groups in total. The highest BCUT2D eigenvalue weighted by molar-refractivity contribution is 8.04. The predicted molar refractivity (Wildman–Crippen MR) is 54.0 cm³/mol. The summed E-state index contributed by atoms with van der Waals surface area (Å²) in [6.45, 7) is 0. The first-order chi connectivity index (χ1) is 6.40. The number of carbonyl (C=O) groups is 1. The van der Waals surface area contributed by atoms with Crippen molar-refractivity contribution in [3.05, 3.63) is 40.9 Å². The Hall–Kier alpha value is -1.35. The third-order valence-electron chi connectivity index (χ3n) is 1.68. The summed E-state index contributed by atoms with van der Waals surface area (Å²) < 4.78 is 0. The number of rotatable bonds is 1. The minimum Gasteiger partial charge on any atom is -0.297 e. The summed E-state index contributed by atoms with van der Waals surface area (Å²) in [6, 6.07) is 7.87. The molecule has 0 unspecified atom stereocenters. The van der Waals surface area contributed by atoms with Crippen LogP contribution in [-0.4, -0.2) is 12.5 Å². The van der Waals surface area contributed by atoms with Gasteiger partial charge in [-0.15, -0.1) is 0 Å². The van der Waals surface area contributed by atoms with E-state index >= 15 is 0 Å². The van der Waals surface area contributed by atoms with Gasteiger partial charge in [-0.1, -0.05) is 30.0 Å². The highest BCUT2D eigenvalue weighted by Gasteiger charge is 2.05. The predicted octanol–water partition coefficient (Wildman–Crippen LogP) is 2.25. The van der Waals surface area contributed by atoms with Crippen molar-refractivity contribution in [1.29, 1.82) is 0 Å². The van der Waals surface area contributed by atoms with Gasteiger partial charge in [-0.05, 0) is 6.07 Å². The van der Waals surface area contributed by atoms with E-state index in [2.05, 4.69) is 4.99 Å². The molecule has 0 fully saturated rings. The van der Waals surface area contributed by atoms with Gasteiger partial charge in [-0.2, -0.15) is 0 Å². The van der Waals surface area contributed by atoms with Gasteiger partial charge in [0, 0.05) is 22.9 Å². The van der Waals surface area contributed by atoms with Crippen molar-refractivity contribution in [3.8, 4) is 0 Å². The molecule has 1 aromatic carbocycles. The maximum Gasteiger partial charge on any atom is 0.158 e. The lowest BCUT2D eigenvalue weighted by Gasteiger charge is -2.00. The molecule has 1 aliphatic heterocycles. The fourth-order valence-electron chi connectivity index (χ4n) is 1.08. The smallest absolute Gasteiger partial charge is 0.158 e. The number of fused-ring (bicyclic) bond motifs is 1. The zero-order valence-corrected chi connectivity index (χ0v) is 7.62. The van der Waals surface area contributed by atoms with Gasteiger partial charge in [0.05, 0.1) is 4.91 Å². The summed E-state index contributed by atoms with van der Waals surface area (Å²) in [5, 5.41) is 0. The van der Waals surface area contributed by atoms with Crippen LogP contribution >= 0.6 is 11.8 Å². The lowest BCUT2D eigenvalue weighted by Crippen LogP contribution is -1.83. The second-order valence-electron chi connectivity index (χ2n) is 2.57. The molecular formula is C10H7NOS. The molecule has 3 heteroatoms. The van der Waals surface area contributed by atoms with Gasteiger partial charge >= 0.3 is 0 Å². The number of hydrogen-bond acceptors (Lipinski definition) is 3. The number of aliphatic imine (C=N–C) groups is 1. The number of thioether (sulfide) groups is 1. The molecule has 0 aromatic heterocycles. The van der Waals surface area contributed by atoms with Crippen LogP contribution in [0.2, 0.25) is 0 Å². The topological polar surface area (TPSA) is 29.4 Å². The van der Waals surface area contributed by atoms with Gasteiger partial charge in [0.25, 0.3) is 0 Å². The average molecular weight is 189 g/mol. The molecule has 64 valence electrons. The Morgan fingerprint density at radius 3 is 3.00 bits per heavy atom. The van der Waals surface area contributed by atoms with Gasteiger partial charge in [0.1, 0.15) is 0 Å². The summed E-state index contributed by atoms with van der Waals surface area (Å²) >= 11 is 1.45. The average Bonchev–Trinajstić information content (AvgIpc) is 2.38. The molecular weight excluding hydrogens is 182 g/mol. The Morgan fingerprint density at radius 1 is 1.31 bits per heavy atom. The van der Waals surface area contributed by atoms with Gasteiger partial charge in [0.2, 0.25) is 0 Å². The molecule has 0 spiro atoms. The molecule has 1 aromatic rings. The molecule has 0 bridgehead atoms. The quantitative estimate of drug-likeness (QED) is 0.634. The number of aldehydes is 1. The van der Waals surface area contributed by atoms with Gasteiger partial charge in [-0.3, -0.25) is 9.79 Å². The van der Waals surface area contributed by atoms with E-state index in [0.29, 0.717) is 4.91 Å². The van der Waals surface area contributed by atoms with Crippen LogP contribution in [0.5, 0.6) is 0 Å². The largest absolute Gasteiger partial charge is 0.297 e. The van der Waals surface area contributed by atoms with Crippen LogP contribution in [0, 0.1) is 0 Å². The third-order valence-corrected chi connectivity index (χ3v) is 2.71. The van der Waals surface area contributed by atoms with Gasteiger partial charge in [0.15, 0.2) is 6.29 Å². The minimum atomic E-state index is 0.640. The lowest BCUT2D eigenvalue weighted by atomic mass is 10.2. The summed E-state index contributed by atoms with van der Waals surface area (Å²) in [5.41, 5.74) is 1.06. The van der Waals surface area contributed by atoms with E-state index < -0.39 is 0 Å². The van der Waals surface area contributed by atoms with Crippen LogP contribution in [0.4, 0.5) is 0 Å². The Bertz CT molecular complexity index is 396. The van der Waals surface area contributed by atoms with Crippen molar-refractivity contribution in [2.45, 2.75) is 4.90 Å². The van der Waals surface area contributed by atoms with E-state index in [1.165, 1.54) is 11.8 Å². The number of carbonyl (C=O) groups excluding carboxylic acids is 1. The van der Waals surface area contributed by atoms with E-state index in [-0.39, 0.29) is 0 Å².